The van der Waals surface area contributed by atoms with E-state index < -0.39 is 0 Å². The van der Waals surface area contributed by atoms with E-state index in [9.17, 15) is 0 Å². The highest BCUT2D eigenvalue weighted by Crippen LogP contribution is 2.48. The van der Waals surface area contributed by atoms with Crippen LogP contribution in [0.3, 0.4) is 0 Å². The molecule has 9 aromatic rings. The van der Waals surface area contributed by atoms with Crippen molar-refractivity contribution in [2.75, 3.05) is 9.80 Å². The maximum absolute atomic E-state index is 2.61. The summed E-state index contributed by atoms with van der Waals surface area (Å²) in [6, 6.07) is 64.0. The molecule has 0 unspecified atom stereocenters. The molecule has 3 heteroatoms. The van der Waals surface area contributed by atoms with Gasteiger partial charge >= 0.3 is 0 Å². The van der Waals surface area contributed by atoms with Crippen LogP contribution >= 0.6 is 0 Å². The lowest BCUT2D eigenvalue weighted by molar-refractivity contribution is 0.506. The first-order valence-corrected chi connectivity index (χ1v) is 26.6. The predicted molar refractivity (Wildman–Crippen MR) is 312 cm³/mol. The minimum absolute atomic E-state index is 0.00931. The van der Waals surface area contributed by atoms with Crippen molar-refractivity contribution in [3.63, 3.8) is 0 Å². The second kappa shape index (κ2) is 17.0. The van der Waals surface area contributed by atoms with Crippen LogP contribution in [0.2, 0.25) is 0 Å². The first-order chi connectivity index (χ1) is 34.0. The van der Waals surface area contributed by atoms with E-state index in [1.54, 1.807) is 0 Å². The molecule has 0 aromatic heterocycles. The second-order valence-corrected chi connectivity index (χ2v) is 23.4. The molecule has 0 fully saturated rings. The Hall–Kier alpha value is -6.58. The molecular weight excluding hydrogens is 856 g/mol. The summed E-state index contributed by atoms with van der Waals surface area (Å²) in [5.41, 5.74) is 19.7. The Balaban J connectivity index is 1.19. The van der Waals surface area contributed by atoms with Crippen LogP contribution in [0.15, 0.2) is 164 Å². The van der Waals surface area contributed by atoms with Crippen molar-refractivity contribution in [3.8, 4) is 11.1 Å². The Labute approximate surface area is 424 Å². The number of hydrogen-bond donors (Lipinski definition) is 0. The lowest BCUT2D eigenvalue weighted by Crippen LogP contribution is -2.61. The van der Waals surface area contributed by atoms with Gasteiger partial charge in [-0.2, -0.15) is 0 Å². The third kappa shape index (κ3) is 7.43. The van der Waals surface area contributed by atoms with Crippen LogP contribution in [0.25, 0.3) is 43.4 Å². The Morgan fingerprint density at radius 1 is 0.352 bits per heavy atom. The molecule has 11 rings (SSSR count). The van der Waals surface area contributed by atoms with E-state index in [1.807, 2.05) is 0 Å². The summed E-state index contributed by atoms with van der Waals surface area (Å²) in [6.45, 7) is 28.5. The predicted octanol–water partition coefficient (Wildman–Crippen LogP) is 17.6. The summed E-state index contributed by atoms with van der Waals surface area (Å²) >= 11 is 0. The highest BCUT2D eigenvalue weighted by atomic mass is 15.2. The van der Waals surface area contributed by atoms with Crippen molar-refractivity contribution < 1.29 is 0 Å². The second-order valence-electron chi connectivity index (χ2n) is 23.4. The highest BCUT2D eigenvalue weighted by Gasteiger charge is 2.44. The maximum atomic E-state index is 2.61. The SMILES string of the molecule is CCC(C)(C)c1ccc(N2c3ccc(C(C)(C)CC)cc3B3c4cc(C(C)(C)CC)ccc4N(c4ccc(C(C)(C)CC)c(-c5ccc6c7ccccc7c7ccccc7c6c5)c4)c4cccc2c43)cc1. The molecule has 0 saturated carbocycles. The molecule has 2 heterocycles. The van der Waals surface area contributed by atoms with Crippen LogP contribution in [-0.4, -0.2) is 6.71 Å². The Morgan fingerprint density at radius 3 is 1.30 bits per heavy atom. The van der Waals surface area contributed by atoms with Gasteiger partial charge in [0.2, 0.25) is 0 Å². The zero-order valence-corrected chi connectivity index (χ0v) is 44.4. The lowest BCUT2D eigenvalue weighted by atomic mass is 9.33. The van der Waals surface area contributed by atoms with Crippen molar-refractivity contribution in [2.45, 2.75) is 130 Å². The number of anilines is 6. The number of nitrogens with zero attached hydrogens (tertiary/aromatic N) is 2. The number of rotatable bonds is 11. The topological polar surface area (TPSA) is 6.48 Å². The van der Waals surface area contributed by atoms with Gasteiger partial charge in [0, 0.05) is 34.1 Å². The molecule has 356 valence electrons. The monoisotopic (exact) mass is 927 g/mol. The van der Waals surface area contributed by atoms with Gasteiger partial charge in [-0.25, -0.2) is 0 Å². The van der Waals surface area contributed by atoms with Gasteiger partial charge in [0.1, 0.15) is 0 Å². The van der Waals surface area contributed by atoms with Crippen molar-refractivity contribution in [2.24, 2.45) is 0 Å². The first-order valence-electron chi connectivity index (χ1n) is 26.6. The third-order valence-electron chi connectivity index (χ3n) is 18.0. The van der Waals surface area contributed by atoms with E-state index >= 15 is 0 Å². The average Bonchev–Trinajstić information content (AvgIpc) is 3.40. The normalized spacial score (nSPS) is 13.8. The average molecular weight is 927 g/mol. The molecule has 0 aliphatic carbocycles. The summed E-state index contributed by atoms with van der Waals surface area (Å²) in [4.78, 5) is 5.18. The Kier molecular flexibility index (Phi) is 11.2. The van der Waals surface area contributed by atoms with E-state index in [0.717, 1.165) is 25.7 Å². The number of benzene rings is 9. The third-order valence-corrected chi connectivity index (χ3v) is 18.0. The molecule has 9 aromatic carbocycles. The van der Waals surface area contributed by atoms with Crippen LogP contribution in [-0.2, 0) is 21.7 Å². The van der Waals surface area contributed by atoms with Crippen molar-refractivity contribution in [3.05, 3.63) is 186 Å². The molecule has 2 aliphatic rings. The molecule has 2 aliphatic heterocycles. The summed E-state index contributed by atoms with van der Waals surface area (Å²) < 4.78 is 0. The van der Waals surface area contributed by atoms with Crippen LogP contribution < -0.4 is 26.2 Å². The number of hydrogen-bond acceptors (Lipinski definition) is 2. The van der Waals surface area contributed by atoms with Gasteiger partial charge < -0.3 is 9.80 Å². The standard InChI is InChI=1S/C68H71BN2/c1-13-65(5,6)45-29-33-48(34-30-45)70-60-38-31-46(66(7,8)14-2)41-58(60)69-59-42-47(67(9,10)15-3)32-39-61(59)71(63-27-21-26-62(70)64(63)69)49-35-37-57(68(11,12)16-4)55(43-49)44-28-36-54-52-24-18-17-22-50(52)51-23-19-20-25-53(51)56(54)40-44/h17-43H,13-16H2,1-12H3. The van der Waals surface area contributed by atoms with E-state index in [4.69, 9.17) is 0 Å². The van der Waals surface area contributed by atoms with Gasteiger partial charge in [-0.3, -0.25) is 0 Å². The van der Waals surface area contributed by atoms with E-state index in [2.05, 4.69) is 257 Å². The molecule has 0 atom stereocenters. The van der Waals surface area contributed by atoms with Gasteiger partial charge in [0.05, 0.1) is 0 Å². The fourth-order valence-electron chi connectivity index (χ4n) is 11.8. The van der Waals surface area contributed by atoms with Gasteiger partial charge in [0.25, 0.3) is 6.71 Å². The van der Waals surface area contributed by atoms with Gasteiger partial charge in [-0.05, 0) is 184 Å². The summed E-state index contributed by atoms with van der Waals surface area (Å²) in [5, 5.41) is 7.81. The van der Waals surface area contributed by atoms with Crippen LogP contribution in [0.5, 0.6) is 0 Å². The molecule has 71 heavy (non-hydrogen) atoms. The molecule has 0 saturated heterocycles. The number of fused-ring (bicyclic) bond motifs is 10. The zero-order chi connectivity index (χ0) is 49.8. The minimum Gasteiger partial charge on any atom is -0.311 e. The van der Waals surface area contributed by atoms with E-state index in [1.165, 1.54) is 116 Å². The van der Waals surface area contributed by atoms with Gasteiger partial charge in [-0.15, -0.1) is 0 Å². The largest absolute Gasteiger partial charge is 0.311 e. The van der Waals surface area contributed by atoms with Crippen molar-refractivity contribution in [1.29, 1.82) is 0 Å². The lowest BCUT2D eigenvalue weighted by Gasteiger charge is -2.45. The van der Waals surface area contributed by atoms with Crippen molar-refractivity contribution in [1.82, 2.24) is 0 Å². The molecule has 0 radical (unpaired) electrons. The van der Waals surface area contributed by atoms with Crippen LogP contribution in [0.1, 0.15) is 131 Å². The fraction of sp³-hybridized carbons (Fsp3) is 0.294. The van der Waals surface area contributed by atoms with E-state index in [-0.39, 0.29) is 28.4 Å². The van der Waals surface area contributed by atoms with E-state index in [0.29, 0.717) is 0 Å². The fourth-order valence-corrected chi connectivity index (χ4v) is 11.8. The van der Waals surface area contributed by atoms with Gasteiger partial charge in [-0.1, -0.05) is 192 Å². The van der Waals surface area contributed by atoms with Gasteiger partial charge in [0.15, 0.2) is 0 Å². The molecular formula is C68H71BN2. The summed E-state index contributed by atoms with van der Waals surface area (Å²) in [6.07, 6.45) is 4.23. The van der Waals surface area contributed by atoms with Crippen LogP contribution in [0, 0.1) is 0 Å². The molecule has 0 N–H and O–H groups in total. The quantitative estimate of drug-likeness (QED) is 0.0942. The summed E-state index contributed by atoms with van der Waals surface area (Å²) in [7, 11) is 0. The molecule has 0 bridgehead atoms. The Morgan fingerprint density at radius 2 is 0.789 bits per heavy atom. The molecule has 2 nitrogen and oxygen atoms in total. The summed E-state index contributed by atoms with van der Waals surface area (Å²) in [5.74, 6) is 0. The maximum Gasteiger partial charge on any atom is 0.252 e. The minimum atomic E-state index is -0.0538. The first kappa shape index (κ1) is 46.8. The Bertz CT molecular complexity index is 3520. The molecule has 0 spiro atoms. The van der Waals surface area contributed by atoms with Crippen LogP contribution in [0.4, 0.5) is 34.1 Å². The smallest absolute Gasteiger partial charge is 0.252 e. The van der Waals surface area contributed by atoms with Crippen molar-refractivity contribution >= 4 is 89.5 Å². The molecule has 0 amide bonds. The highest BCUT2D eigenvalue weighted by molar-refractivity contribution is 7.00. The zero-order valence-electron chi connectivity index (χ0n) is 44.4.